The quantitative estimate of drug-likeness (QED) is 0.272. The highest BCUT2D eigenvalue weighted by Crippen LogP contribution is 2.33. The molecule has 1 aromatic carbocycles. The van der Waals surface area contributed by atoms with E-state index in [1.807, 2.05) is 0 Å². The Bertz CT molecular complexity index is 1440. The molecule has 0 aliphatic heterocycles. The molecule has 3 amide bonds. The standard InChI is InChI=1S/C20H18F3N5O7S3/c21-20(22,23)38(33,34)11-3-1-10(2-4-11)5-14(30)28-19-27-13(9-36-19)17-12(26-16(7-29)37-17)6-25-15(31)8-35-18(24)32/h1-4,9,29H,5-8H2,(H2,24,32)(H,25,31)(H,27,28,30). The summed E-state index contributed by atoms with van der Waals surface area (Å²) in [5, 5.41) is 16.6. The van der Waals surface area contributed by atoms with Gasteiger partial charge in [-0.2, -0.15) is 13.2 Å². The van der Waals surface area contributed by atoms with Gasteiger partial charge in [-0.15, -0.1) is 22.7 Å². The van der Waals surface area contributed by atoms with Crippen LogP contribution in [0.5, 0.6) is 0 Å². The molecule has 0 saturated heterocycles. The van der Waals surface area contributed by atoms with Crippen molar-refractivity contribution in [2.24, 2.45) is 5.73 Å². The Balaban J connectivity index is 1.65. The van der Waals surface area contributed by atoms with Gasteiger partial charge in [0.2, 0.25) is 5.91 Å². The zero-order valence-corrected chi connectivity index (χ0v) is 21.4. The number of carbonyl (C=O) groups excluding carboxylic acids is 3. The molecule has 5 N–H and O–H groups in total. The van der Waals surface area contributed by atoms with Crippen LogP contribution in [0.1, 0.15) is 16.3 Å². The number of hydrogen-bond acceptors (Lipinski definition) is 11. The molecule has 204 valence electrons. The number of rotatable bonds is 10. The molecular formula is C20H18F3N5O7S3. The van der Waals surface area contributed by atoms with E-state index in [9.17, 15) is 41.1 Å². The Kier molecular flexibility index (Phi) is 9.02. The zero-order valence-electron chi connectivity index (χ0n) is 18.9. The van der Waals surface area contributed by atoms with Crippen molar-refractivity contribution in [1.82, 2.24) is 15.3 Å². The molecule has 0 bridgehead atoms. The van der Waals surface area contributed by atoms with Crippen molar-refractivity contribution in [2.45, 2.75) is 30.0 Å². The van der Waals surface area contributed by atoms with E-state index in [2.05, 4.69) is 25.3 Å². The summed E-state index contributed by atoms with van der Waals surface area (Å²) in [4.78, 5) is 42.9. The number of benzene rings is 1. The van der Waals surface area contributed by atoms with E-state index in [0.29, 0.717) is 21.3 Å². The van der Waals surface area contributed by atoms with Crippen molar-refractivity contribution < 1.29 is 45.8 Å². The maximum absolute atomic E-state index is 12.7. The van der Waals surface area contributed by atoms with Gasteiger partial charge < -0.3 is 26.2 Å². The summed E-state index contributed by atoms with van der Waals surface area (Å²) in [6.07, 6.45) is -1.37. The fourth-order valence-corrected chi connectivity index (χ4v) is 5.32. The van der Waals surface area contributed by atoms with Crippen LogP contribution in [0.2, 0.25) is 0 Å². The van der Waals surface area contributed by atoms with Gasteiger partial charge in [0, 0.05) is 5.38 Å². The van der Waals surface area contributed by atoms with Crippen LogP contribution in [0, 0.1) is 0 Å². The molecule has 3 aromatic rings. The predicted molar refractivity (Wildman–Crippen MR) is 129 cm³/mol. The van der Waals surface area contributed by atoms with E-state index in [4.69, 9.17) is 5.73 Å². The number of aliphatic hydroxyl groups excluding tert-OH is 1. The molecule has 0 aliphatic rings. The molecule has 0 aliphatic carbocycles. The lowest BCUT2D eigenvalue weighted by atomic mass is 10.1. The first kappa shape index (κ1) is 29.0. The summed E-state index contributed by atoms with van der Waals surface area (Å²) < 4.78 is 65.3. The minimum absolute atomic E-state index is 0.0773. The summed E-state index contributed by atoms with van der Waals surface area (Å²) in [5.74, 6) is -1.19. The summed E-state index contributed by atoms with van der Waals surface area (Å²) >= 11 is 2.17. The van der Waals surface area contributed by atoms with Crippen LogP contribution in [0.15, 0.2) is 34.5 Å². The van der Waals surface area contributed by atoms with Crippen molar-refractivity contribution in [2.75, 3.05) is 11.9 Å². The van der Waals surface area contributed by atoms with Crippen LogP contribution in [-0.2, 0) is 43.7 Å². The van der Waals surface area contributed by atoms with Gasteiger partial charge in [-0.25, -0.2) is 23.2 Å². The second kappa shape index (κ2) is 11.8. The van der Waals surface area contributed by atoms with Gasteiger partial charge in [-0.1, -0.05) is 12.1 Å². The smallest absolute Gasteiger partial charge is 0.440 e. The van der Waals surface area contributed by atoms with E-state index >= 15 is 0 Å². The Hall–Kier alpha value is -3.61. The Labute approximate surface area is 220 Å². The highest BCUT2D eigenvalue weighted by Gasteiger charge is 2.46. The van der Waals surface area contributed by atoms with Gasteiger partial charge in [0.25, 0.3) is 15.7 Å². The van der Waals surface area contributed by atoms with E-state index in [0.717, 1.165) is 46.9 Å². The summed E-state index contributed by atoms with van der Waals surface area (Å²) in [6, 6.07) is 3.76. The average Bonchev–Trinajstić information content (AvgIpc) is 3.47. The largest absolute Gasteiger partial charge is 0.501 e. The summed E-state index contributed by atoms with van der Waals surface area (Å²) in [7, 11) is -5.49. The number of aliphatic hydroxyl groups is 1. The molecule has 12 nitrogen and oxygen atoms in total. The van der Waals surface area contributed by atoms with Gasteiger partial charge in [-0.3, -0.25) is 9.59 Å². The maximum atomic E-state index is 12.7. The molecular weight excluding hydrogens is 575 g/mol. The third-order valence-corrected chi connectivity index (χ3v) is 7.93. The number of carbonyl (C=O) groups is 3. The Morgan fingerprint density at radius 1 is 1.11 bits per heavy atom. The van der Waals surface area contributed by atoms with Crippen LogP contribution in [0.4, 0.5) is 23.1 Å². The lowest BCUT2D eigenvalue weighted by Crippen LogP contribution is -2.29. The lowest BCUT2D eigenvalue weighted by molar-refractivity contribution is -0.124. The fraction of sp³-hybridized carbons (Fsp3) is 0.250. The number of anilines is 1. The molecule has 0 spiro atoms. The first-order valence-corrected chi connectivity index (χ1v) is 13.4. The van der Waals surface area contributed by atoms with Crippen molar-refractivity contribution in [3.05, 3.63) is 45.9 Å². The van der Waals surface area contributed by atoms with Crippen molar-refractivity contribution >= 4 is 55.5 Å². The van der Waals surface area contributed by atoms with Crippen LogP contribution in [0.3, 0.4) is 0 Å². The van der Waals surface area contributed by atoms with Gasteiger partial charge in [0.15, 0.2) is 11.7 Å². The number of nitrogens with two attached hydrogens (primary N) is 1. The molecule has 0 fully saturated rings. The zero-order chi connectivity index (χ0) is 28.1. The number of alkyl halides is 3. The number of hydrogen-bond donors (Lipinski definition) is 4. The molecule has 2 aromatic heterocycles. The number of sulfone groups is 1. The Morgan fingerprint density at radius 3 is 2.39 bits per heavy atom. The fourth-order valence-electron chi connectivity index (χ4n) is 2.86. The maximum Gasteiger partial charge on any atom is 0.501 e. The van der Waals surface area contributed by atoms with E-state index in [1.54, 1.807) is 5.38 Å². The van der Waals surface area contributed by atoms with Crippen LogP contribution in [0.25, 0.3) is 10.6 Å². The normalized spacial score (nSPS) is 11.7. The summed E-state index contributed by atoms with van der Waals surface area (Å²) in [6.45, 7) is -1.03. The minimum atomic E-state index is -5.49. The summed E-state index contributed by atoms with van der Waals surface area (Å²) in [5.41, 5.74) is 0.401. The molecule has 38 heavy (non-hydrogen) atoms. The lowest BCUT2D eigenvalue weighted by Gasteiger charge is -2.08. The van der Waals surface area contributed by atoms with Gasteiger partial charge >= 0.3 is 11.6 Å². The molecule has 0 unspecified atom stereocenters. The average molecular weight is 594 g/mol. The third-order valence-electron chi connectivity index (χ3n) is 4.56. The molecule has 0 atom stereocenters. The molecule has 2 heterocycles. The number of amides is 3. The van der Waals surface area contributed by atoms with Crippen LogP contribution < -0.4 is 16.4 Å². The number of nitrogens with zero attached hydrogens (tertiary/aromatic N) is 2. The molecule has 3 rings (SSSR count). The second-order valence-electron chi connectivity index (χ2n) is 7.28. The van der Waals surface area contributed by atoms with E-state index in [-0.39, 0.29) is 30.3 Å². The minimum Gasteiger partial charge on any atom is -0.440 e. The number of nitrogens with one attached hydrogen (secondary N) is 2. The first-order valence-electron chi connectivity index (χ1n) is 10.2. The van der Waals surface area contributed by atoms with Gasteiger partial charge in [0.1, 0.15) is 5.01 Å². The molecule has 0 saturated carbocycles. The number of aromatic nitrogens is 2. The third kappa shape index (κ3) is 7.24. The SMILES string of the molecule is NC(=O)OCC(=O)NCc1nc(CO)sc1-c1csc(NC(=O)Cc2ccc(S(=O)(=O)C(F)(F)F)cc2)n1. The van der Waals surface area contributed by atoms with Crippen molar-refractivity contribution in [3.63, 3.8) is 0 Å². The number of ether oxygens (including phenoxy) is 1. The monoisotopic (exact) mass is 593 g/mol. The predicted octanol–water partition coefficient (Wildman–Crippen LogP) is 1.95. The van der Waals surface area contributed by atoms with Crippen LogP contribution in [-0.4, -0.2) is 53.5 Å². The van der Waals surface area contributed by atoms with Gasteiger partial charge in [-0.05, 0) is 17.7 Å². The Morgan fingerprint density at radius 2 is 1.79 bits per heavy atom. The van der Waals surface area contributed by atoms with Crippen molar-refractivity contribution in [3.8, 4) is 10.6 Å². The number of halogens is 3. The van der Waals surface area contributed by atoms with Crippen LogP contribution >= 0.6 is 22.7 Å². The molecule has 0 radical (unpaired) electrons. The highest BCUT2D eigenvalue weighted by molar-refractivity contribution is 7.92. The highest BCUT2D eigenvalue weighted by atomic mass is 32.2. The number of thiazole rings is 2. The first-order chi connectivity index (χ1) is 17.8. The van der Waals surface area contributed by atoms with Crippen molar-refractivity contribution in [1.29, 1.82) is 0 Å². The van der Waals surface area contributed by atoms with E-state index < -0.39 is 44.8 Å². The van der Waals surface area contributed by atoms with Gasteiger partial charge in [0.05, 0.1) is 40.7 Å². The second-order valence-corrected chi connectivity index (χ2v) is 11.2. The molecule has 18 heteroatoms. The topological polar surface area (TPSA) is 191 Å². The number of primary amides is 1. The van der Waals surface area contributed by atoms with E-state index in [1.165, 1.54) is 0 Å².